The molecule has 636 valence electrons. The molecule has 0 spiro atoms. The predicted molar refractivity (Wildman–Crippen MR) is 427 cm³/mol. The maximum atomic E-state index is 9.76. The summed E-state index contributed by atoms with van der Waals surface area (Å²) in [5, 5.41) is 96.3. The van der Waals surface area contributed by atoms with Crippen LogP contribution in [0.15, 0.2) is 127 Å². The Balaban J connectivity index is 0.000000137. The highest BCUT2D eigenvalue weighted by Crippen LogP contribution is 2.57. The predicted octanol–water partition coefficient (Wildman–Crippen LogP) is 10.0. The Labute approximate surface area is 686 Å². The minimum atomic E-state index is -0.240. The van der Waals surface area contributed by atoms with E-state index in [0.29, 0.717) is 138 Å². The molecule has 0 amide bonds. The summed E-state index contributed by atoms with van der Waals surface area (Å²) in [5.74, 6) is 7.33. The summed E-state index contributed by atoms with van der Waals surface area (Å²) < 4.78 is 98.1. The van der Waals surface area contributed by atoms with Gasteiger partial charge in [0.1, 0.15) is 0 Å². The summed E-state index contributed by atoms with van der Waals surface area (Å²) in [6.45, 7) is 2.91. The van der Waals surface area contributed by atoms with Gasteiger partial charge in [0, 0.05) is 47.3 Å². The highest BCUT2D eigenvalue weighted by atomic mass is 16.6. The Hall–Kier alpha value is -8.76. The molecule has 0 bridgehead atoms. The van der Waals surface area contributed by atoms with Crippen molar-refractivity contribution in [2.45, 2.75) is 115 Å². The van der Waals surface area contributed by atoms with Gasteiger partial charge in [0.05, 0.1) is 232 Å². The summed E-state index contributed by atoms with van der Waals surface area (Å²) in [6.07, 6.45) is -0.968. The number of methoxy groups -OCH3 is 9. The lowest BCUT2D eigenvalue weighted by Crippen LogP contribution is -2.15. The molecular weight excluding hydrogens is 1520 g/mol. The first-order chi connectivity index (χ1) is 57.6. The molecule has 8 aliphatic rings. The second-order valence-corrected chi connectivity index (χ2v) is 30.4. The largest absolute Gasteiger partial charge is 0.493 e. The number of benzene rings is 8. The molecule has 8 fully saturated rings. The third kappa shape index (κ3) is 17.6. The van der Waals surface area contributed by atoms with Crippen molar-refractivity contribution in [1.29, 1.82) is 0 Å². The van der Waals surface area contributed by atoms with Gasteiger partial charge in [0.25, 0.3) is 0 Å². The number of ether oxygens (including phenoxy) is 17. The van der Waals surface area contributed by atoms with Crippen LogP contribution >= 0.6 is 0 Å². The number of hydrogen-bond donors (Lipinski definition) is 10. The third-order valence-corrected chi connectivity index (χ3v) is 24.6. The van der Waals surface area contributed by atoms with Gasteiger partial charge in [0.15, 0.2) is 46.0 Å². The zero-order chi connectivity index (χ0) is 83.4. The van der Waals surface area contributed by atoms with Crippen LogP contribution < -0.4 is 42.6 Å². The Kier molecular flexibility index (Phi) is 29.6. The van der Waals surface area contributed by atoms with E-state index >= 15 is 0 Å². The number of fused-ring (bicyclic) bond motifs is 4. The SMILES string of the molecule is COc1cc([C@H]2OC[C@H]3[C@@H]2CO[C@@H]3c2cc(CO)c(CO)c(CO)c2)cc(OC)c1OC.COc1ccc([C@@H]2OC[C@H]3[C@@H]2CO[C@@H]3c2cc(CO)c(CO)c(CO)c2)cc1OC.COc1ccc([C@@H]2OC[C@H]3[C@@H]2CO[C@@H]3c2ccc(CO)c(CO)c2)cc1OC.COc1ccc([C@H]2OC[C@H]3[C@@H]2CO[C@@H]3c2ccc(CO)c(CO)c2)cc1OC. The molecule has 8 heterocycles. The Bertz CT molecular complexity index is 4260. The maximum Gasteiger partial charge on any atom is 0.203 e. The fourth-order valence-corrected chi connectivity index (χ4v) is 18.5. The van der Waals surface area contributed by atoms with E-state index in [4.69, 9.17) is 80.5 Å². The van der Waals surface area contributed by atoms with Crippen molar-refractivity contribution in [2.24, 2.45) is 47.3 Å². The van der Waals surface area contributed by atoms with Crippen LogP contribution in [0.1, 0.15) is 149 Å². The maximum absolute atomic E-state index is 9.76. The topological polar surface area (TPSA) is 359 Å². The molecule has 8 aromatic rings. The van der Waals surface area contributed by atoms with Crippen molar-refractivity contribution in [3.8, 4) is 51.7 Å². The van der Waals surface area contributed by atoms with Gasteiger partial charge >= 0.3 is 0 Å². The summed E-state index contributed by atoms with van der Waals surface area (Å²) in [4.78, 5) is 0. The van der Waals surface area contributed by atoms with E-state index in [9.17, 15) is 51.1 Å². The molecule has 16 rings (SSSR count). The van der Waals surface area contributed by atoms with Crippen molar-refractivity contribution in [3.05, 3.63) is 228 Å². The van der Waals surface area contributed by atoms with Crippen molar-refractivity contribution in [1.82, 2.24) is 0 Å². The van der Waals surface area contributed by atoms with Crippen molar-refractivity contribution >= 4 is 0 Å². The van der Waals surface area contributed by atoms with Crippen LogP contribution in [0, 0.1) is 47.3 Å². The van der Waals surface area contributed by atoms with Crippen LogP contribution in [-0.4, -0.2) is 168 Å². The number of hydrogen-bond acceptors (Lipinski definition) is 27. The summed E-state index contributed by atoms with van der Waals surface area (Å²) in [7, 11) is 14.5. The number of aliphatic hydroxyl groups is 10. The van der Waals surface area contributed by atoms with Gasteiger partial charge in [-0.25, -0.2) is 0 Å². The van der Waals surface area contributed by atoms with Gasteiger partial charge in [0.2, 0.25) is 5.75 Å². The van der Waals surface area contributed by atoms with E-state index in [-0.39, 0.29) is 162 Å². The fourth-order valence-electron chi connectivity index (χ4n) is 18.5. The molecule has 0 aromatic heterocycles. The van der Waals surface area contributed by atoms with Crippen molar-refractivity contribution < 1.29 is 132 Å². The van der Waals surface area contributed by atoms with Gasteiger partial charge in [-0.15, -0.1) is 0 Å². The van der Waals surface area contributed by atoms with Crippen LogP contribution in [0.4, 0.5) is 0 Å². The molecule has 0 saturated carbocycles. The standard InChI is InChI=1S/C24H30O8.C23H28O7.2C22H26O6/c1-28-20-6-14(7-21(29-2)24(20)30-3)23-19-12-31-22(18(19)11-32-23)13-4-15(8-25)17(10-27)16(5-13)9-26;1-27-20-4-3-13(7-21(20)28-2)22-18-11-30-23(19(18)12-29-22)14-5-15(8-24)17(10-26)16(6-14)9-25;2*1-25-19-6-5-14(8-20(19)26-2)22-18-12-27-21(17(18)11-28-22)13-3-4-15(9-23)16(7-13)10-24/h4-7,18-19,22-23,25-27H,8-12H2,1-3H3;3-7,18-19,22-26H,8-12H2,1-2H3;2*3-8,17-18,21-24H,9-12H2,1-2H3/t18-,19-,22+,23+;18-,19-,22-,23+;17-,18-,21+,22+;17-,18-,21+,22-/m0000/s1. The molecule has 27 heteroatoms. The highest BCUT2D eigenvalue weighted by molar-refractivity contribution is 5.55. The minimum absolute atomic E-state index is 0.0520. The summed E-state index contributed by atoms with van der Waals surface area (Å²) in [6, 6.07) is 40.4. The van der Waals surface area contributed by atoms with Gasteiger partial charge in [-0.1, -0.05) is 78.9 Å². The summed E-state index contributed by atoms with van der Waals surface area (Å²) >= 11 is 0. The molecule has 8 saturated heterocycles. The van der Waals surface area contributed by atoms with E-state index in [1.165, 1.54) is 0 Å². The van der Waals surface area contributed by atoms with Crippen LogP contribution in [0.2, 0.25) is 0 Å². The Morgan fingerprint density at radius 1 is 0.203 bits per heavy atom. The second kappa shape index (κ2) is 40.1. The highest BCUT2D eigenvalue weighted by Gasteiger charge is 2.53. The quantitative estimate of drug-likeness (QED) is 0.0229. The Morgan fingerprint density at radius 2 is 0.398 bits per heavy atom. The molecule has 0 unspecified atom stereocenters. The Morgan fingerprint density at radius 3 is 0.610 bits per heavy atom. The van der Waals surface area contributed by atoms with Crippen LogP contribution in [0.3, 0.4) is 0 Å². The molecule has 8 aromatic carbocycles. The minimum Gasteiger partial charge on any atom is -0.493 e. The fraction of sp³-hybridized carbons (Fsp3) is 0.473. The average molecular weight is 1640 g/mol. The molecule has 0 aliphatic carbocycles. The van der Waals surface area contributed by atoms with Crippen LogP contribution in [0.25, 0.3) is 0 Å². The molecule has 0 radical (unpaired) electrons. The van der Waals surface area contributed by atoms with Gasteiger partial charge < -0.3 is 132 Å². The second-order valence-electron chi connectivity index (χ2n) is 30.4. The normalized spacial score (nSPS) is 25.6. The molecule has 16 atom stereocenters. The van der Waals surface area contributed by atoms with E-state index < -0.39 is 0 Å². The molecule has 8 aliphatic heterocycles. The van der Waals surface area contributed by atoms with Crippen LogP contribution in [-0.2, 0) is 104 Å². The zero-order valence-corrected chi connectivity index (χ0v) is 68.0. The lowest BCUT2D eigenvalue weighted by atomic mass is 9.83. The first kappa shape index (κ1) is 87.1. The zero-order valence-electron chi connectivity index (χ0n) is 68.0. The van der Waals surface area contributed by atoms with E-state index in [1.54, 1.807) is 64.0 Å². The van der Waals surface area contributed by atoms with Crippen LogP contribution in [0.5, 0.6) is 51.7 Å². The summed E-state index contributed by atoms with van der Waals surface area (Å²) in [5.41, 5.74) is 14.4. The van der Waals surface area contributed by atoms with Gasteiger partial charge in [-0.05, 0) is 149 Å². The van der Waals surface area contributed by atoms with E-state index in [0.717, 1.165) is 66.8 Å². The van der Waals surface area contributed by atoms with Crippen molar-refractivity contribution in [3.63, 3.8) is 0 Å². The first-order valence-electron chi connectivity index (χ1n) is 39.6. The first-order valence-corrected chi connectivity index (χ1v) is 39.6. The molecular formula is C91H110O27. The number of aliphatic hydroxyl groups excluding tert-OH is 10. The van der Waals surface area contributed by atoms with E-state index in [2.05, 4.69) is 0 Å². The van der Waals surface area contributed by atoms with Gasteiger partial charge in [-0.2, -0.15) is 0 Å². The molecule has 118 heavy (non-hydrogen) atoms. The lowest BCUT2D eigenvalue weighted by molar-refractivity contribution is 0.0189. The molecule has 10 N–H and O–H groups in total. The monoisotopic (exact) mass is 1630 g/mol. The number of rotatable bonds is 27. The van der Waals surface area contributed by atoms with E-state index in [1.807, 2.05) is 127 Å². The van der Waals surface area contributed by atoms with Crippen molar-refractivity contribution in [2.75, 3.05) is 117 Å². The lowest BCUT2D eigenvalue weighted by Gasteiger charge is -2.20. The third-order valence-electron chi connectivity index (χ3n) is 24.6. The molecule has 27 nitrogen and oxygen atoms in total. The average Bonchev–Trinajstić information content (AvgIpc) is 1.63. The van der Waals surface area contributed by atoms with Gasteiger partial charge in [-0.3, -0.25) is 0 Å². The smallest absolute Gasteiger partial charge is 0.203 e.